The van der Waals surface area contributed by atoms with E-state index < -0.39 is 0 Å². The maximum Gasteiger partial charge on any atom is 0.209 e. The molecule has 1 atom stereocenters. The van der Waals surface area contributed by atoms with E-state index in [1.54, 1.807) is 11.8 Å². The Morgan fingerprint density at radius 3 is 2.67 bits per heavy atom. The summed E-state index contributed by atoms with van der Waals surface area (Å²) in [5.74, 6) is 1.89. The Bertz CT molecular complexity index is 386. The summed E-state index contributed by atoms with van der Waals surface area (Å²) in [5.41, 5.74) is 0.134. The highest BCUT2D eigenvalue weighted by Crippen LogP contribution is 2.22. The van der Waals surface area contributed by atoms with E-state index in [9.17, 15) is 0 Å². The number of nitrogens with one attached hydrogen (secondary N) is 1. The van der Waals surface area contributed by atoms with E-state index in [0.717, 1.165) is 29.9 Å². The Hall–Kier alpha value is -0.620. The summed E-state index contributed by atoms with van der Waals surface area (Å²) in [6.45, 7) is 12.7. The molecule has 0 amide bonds. The molecule has 6 heteroatoms. The summed E-state index contributed by atoms with van der Waals surface area (Å²) < 4.78 is 1.91. The Labute approximate surface area is 133 Å². The van der Waals surface area contributed by atoms with Gasteiger partial charge in [-0.05, 0) is 43.5 Å². The molecular formula is C15H31N5S. The highest BCUT2D eigenvalue weighted by Gasteiger charge is 2.13. The molecule has 0 aliphatic carbocycles. The van der Waals surface area contributed by atoms with Gasteiger partial charge < -0.3 is 5.32 Å². The van der Waals surface area contributed by atoms with Gasteiger partial charge in [-0.2, -0.15) is 0 Å². The zero-order valence-electron chi connectivity index (χ0n) is 14.2. The first-order valence-corrected chi connectivity index (χ1v) is 9.08. The fourth-order valence-corrected chi connectivity index (χ4v) is 3.23. The zero-order chi connectivity index (χ0) is 15.7. The monoisotopic (exact) mass is 313 g/mol. The molecule has 0 saturated heterocycles. The van der Waals surface area contributed by atoms with Crippen LogP contribution in [0.25, 0.3) is 0 Å². The Morgan fingerprint density at radius 2 is 2.05 bits per heavy atom. The molecule has 21 heavy (non-hydrogen) atoms. The molecule has 1 aromatic rings. The molecular weight excluding hydrogens is 282 g/mol. The summed E-state index contributed by atoms with van der Waals surface area (Å²) in [7, 11) is 0. The summed E-state index contributed by atoms with van der Waals surface area (Å²) in [5, 5.41) is 16.5. The minimum absolute atomic E-state index is 0.134. The molecule has 0 fully saturated rings. The fourth-order valence-electron chi connectivity index (χ4n) is 2.07. The van der Waals surface area contributed by atoms with E-state index in [0.29, 0.717) is 0 Å². The van der Waals surface area contributed by atoms with Crippen LogP contribution in [-0.2, 0) is 6.54 Å². The van der Waals surface area contributed by atoms with Crippen LogP contribution in [0.5, 0.6) is 0 Å². The number of aromatic nitrogens is 4. The van der Waals surface area contributed by atoms with Crippen LogP contribution in [0.4, 0.5) is 0 Å². The number of rotatable bonds is 10. The second-order valence-electron chi connectivity index (χ2n) is 6.59. The molecule has 0 aliphatic heterocycles. The van der Waals surface area contributed by atoms with Gasteiger partial charge in [0.05, 0.1) is 6.54 Å². The number of unbranched alkanes of at least 4 members (excludes halogenated alkanes) is 1. The van der Waals surface area contributed by atoms with Crippen LogP contribution >= 0.6 is 11.8 Å². The molecule has 0 saturated carbocycles. The van der Waals surface area contributed by atoms with Gasteiger partial charge in [-0.3, -0.25) is 0 Å². The van der Waals surface area contributed by atoms with Gasteiger partial charge in [-0.25, -0.2) is 4.68 Å². The van der Waals surface area contributed by atoms with Gasteiger partial charge in [0, 0.05) is 17.8 Å². The van der Waals surface area contributed by atoms with Crippen molar-refractivity contribution in [2.75, 3.05) is 12.3 Å². The third-order valence-corrected chi connectivity index (χ3v) is 4.66. The molecule has 0 radical (unpaired) electrons. The topological polar surface area (TPSA) is 55.6 Å². The van der Waals surface area contributed by atoms with E-state index in [-0.39, 0.29) is 5.54 Å². The SMILES string of the molecule is CCCCC(CC)CSc1nnnn1CCNC(C)(C)C. The molecule has 1 N–H and O–H groups in total. The van der Waals surface area contributed by atoms with E-state index in [1.165, 1.54) is 25.7 Å². The second kappa shape index (κ2) is 9.41. The Morgan fingerprint density at radius 1 is 1.29 bits per heavy atom. The maximum atomic E-state index is 4.15. The highest BCUT2D eigenvalue weighted by atomic mass is 32.2. The summed E-state index contributed by atoms with van der Waals surface area (Å²) >= 11 is 1.79. The van der Waals surface area contributed by atoms with Crippen LogP contribution in [0.3, 0.4) is 0 Å². The van der Waals surface area contributed by atoms with Crippen molar-refractivity contribution in [1.29, 1.82) is 0 Å². The number of tetrazole rings is 1. The predicted molar refractivity (Wildman–Crippen MR) is 89.6 cm³/mol. The van der Waals surface area contributed by atoms with Gasteiger partial charge in [0.25, 0.3) is 0 Å². The summed E-state index contributed by atoms with van der Waals surface area (Å²) in [6.07, 6.45) is 5.14. The standard InChI is InChI=1S/C15H31N5S/c1-6-8-9-13(7-2)12-21-14-17-18-19-20(14)11-10-16-15(3,4)5/h13,16H,6-12H2,1-5H3. The summed E-state index contributed by atoms with van der Waals surface area (Å²) in [6, 6.07) is 0. The lowest BCUT2D eigenvalue weighted by molar-refractivity contribution is 0.396. The van der Waals surface area contributed by atoms with E-state index in [4.69, 9.17) is 0 Å². The third kappa shape index (κ3) is 7.81. The number of hydrogen-bond acceptors (Lipinski definition) is 5. The molecule has 0 bridgehead atoms. The van der Waals surface area contributed by atoms with Crippen molar-refractivity contribution in [2.24, 2.45) is 5.92 Å². The molecule has 5 nitrogen and oxygen atoms in total. The van der Waals surface area contributed by atoms with Crippen LogP contribution in [0.15, 0.2) is 5.16 Å². The van der Waals surface area contributed by atoms with Crippen molar-refractivity contribution < 1.29 is 0 Å². The van der Waals surface area contributed by atoms with Crippen LogP contribution in [0.1, 0.15) is 60.3 Å². The van der Waals surface area contributed by atoms with Crippen molar-refractivity contribution in [2.45, 2.75) is 77.5 Å². The van der Waals surface area contributed by atoms with Crippen molar-refractivity contribution >= 4 is 11.8 Å². The van der Waals surface area contributed by atoms with E-state index in [1.807, 2.05) is 4.68 Å². The average Bonchev–Trinajstić information content (AvgIpc) is 2.85. The van der Waals surface area contributed by atoms with Gasteiger partial charge in [-0.1, -0.05) is 44.9 Å². The lowest BCUT2D eigenvalue weighted by atomic mass is 10.0. The van der Waals surface area contributed by atoms with Gasteiger partial charge in [0.2, 0.25) is 5.16 Å². The quantitative estimate of drug-likeness (QED) is 0.671. The maximum absolute atomic E-state index is 4.15. The first-order chi connectivity index (χ1) is 9.96. The van der Waals surface area contributed by atoms with Crippen molar-refractivity contribution in [1.82, 2.24) is 25.5 Å². The van der Waals surface area contributed by atoms with Crippen LogP contribution in [0.2, 0.25) is 0 Å². The minimum Gasteiger partial charge on any atom is -0.310 e. The largest absolute Gasteiger partial charge is 0.310 e. The first-order valence-electron chi connectivity index (χ1n) is 8.10. The molecule has 0 aliphatic rings. The lowest BCUT2D eigenvalue weighted by Gasteiger charge is -2.20. The molecule has 1 heterocycles. The predicted octanol–water partition coefficient (Wildman–Crippen LogP) is 3.37. The summed E-state index contributed by atoms with van der Waals surface area (Å²) in [4.78, 5) is 0. The van der Waals surface area contributed by atoms with Crippen molar-refractivity contribution in [3.63, 3.8) is 0 Å². The normalized spacial score (nSPS) is 13.6. The zero-order valence-corrected chi connectivity index (χ0v) is 15.0. The first kappa shape index (κ1) is 18.4. The molecule has 1 aromatic heterocycles. The lowest BCUT2D eigenvalue weighted by Crippen LogP contribution is -2.38. The average molecular weight is 314 g/mol. The number of nitrogens with zero attached hydrogens (tertiary/aromatic N) is 4. The van der Waals surface area contributed by atoms with Crippen LogP contribution < -0.4 is 5.32 Å². The Balaban J connectivity index is 2.40. The minimum atomic E-state index is 0.134. The van der Waals surface area contributed by atoms with Gasteiger partial charge in [0.15, 0.2) is 0 Å². The highest BCUT2D eigenvalue weighted by molar-refractivity contribution is 7.99. The van der Waals surface area contributed by atoms with Crippen LogP contribution in [-0.4, -0.2) is 38.0 Å². The number of hydrogen-bond donors (Lipinski definition) is 1. The van der Waals surface area contributed by atoms with Gasteiger partial charge in [0.1, 0.15) is 0 Å². The van der Waals surface area contributed by atoms with E-state index in [2.05, 4.69) is 55.5 Å². The Kier molecular flexibility index (Phi) is 8.26. The fraction of sp³-hybridized carbons (Fsp3) is 0.933. The second-order valence-corrected chi connectivity index (χ2v) is 7.58. The number of thioether (sulfide) groups is 1. The smallest absolute Gasteiger partial charge is 0.209 e. The molecule has 122 valence electrons. The van der Waals surface area contributed by atoms with E-state index >= 15 is 0 Å². The van der Waals surface area contributed by atoms with Crippen molar-refractivity contribution in [3.8, 4) is 0 Å². The van der Waals surface area contributed by atoms with Crippen LogP contribution in [0, 0.1) is 5.92 Å². The van der Waals surface area contributed by atoms with Gasteiger partial charge in [-0.15, -0.1) is 5.10 Å². The molecule has 1 rings (SSSR count). The van der Waals surface area contributed by atoms with Gasteiger partial charge >= 0.3 is 0 Å². The molecule has 1 unspecified atom stereocenters. The third-order valence-electron chi connectivity index (χ3n) is 3.47. The van der Waals surface area contributed by atoms with Crippen molar-refractivity contribution in [3.05, 3.63) is 0 Å². The molecule has 0 spiro atoms. The molecule has 0 aromatic carbocycles.